The van der Waals surface area contributed by atoms with E-state index in [1.807, 2.05) is 0 Å². The van der Waals surface area contributed by atoms with Crippen molar-refractivity contribution in [2.24, 2.45) is 0 Å². The zero-order valence-corrected chi connectivity index (χ0v) is 44.0. The van der Waals surface area contributed by atoms with Gasteiger partial charge in [0.15, 0.2) is 0 Å². The van der Waals surface area contributed by atoms with Crippen molar-refractivity contribution in [1.29, 1.82) is 0 Å². The number of ether oxygens (including phenoxy) is 1. The number of hydrogen-bond donors (Lipinski definition) is 3. The molecule has 2 unspecified atom stereocenters. The first-order valence-corrected chi connectivity index (χ1v) is 29.4. The Kier molecular flexibility index (Phi) is 54.0. The molecule has 0 spiro atoms. The van der Waals surface area contributed by atoms with E-state index in [1.165, 1.54) is 250 Å². The number of carbonyl (C=O) groups excluding carboxylic acids is 2. The molecule has 0 aliphatic rings. The summed E-state index contributed by atoms with van der Waals surface area (Å²) >= 11 is 0. The molecule has 0 bridgehead atoms. The first-order valence-electron chi connectivity index (χ1n) is 29.4. The normalized spacial score (nSPS) is 12.6. The van der Waals surface area contributed by atoms with Crippen molar-refractivity contribution in [1.82, 2.24) is 5.32 Å². The molecule has 0 aromatic rings. The molecule has 0 aliphatic carbocycles. The molecule has 0 fully saturated rings. The second-order valence-electron chi connectivity index (χ2n) is 20.3. The zero-order chi connectivity index (χ0) is 47.2. The minimum Gasteiger partial charge on any atom is -0.466 e. The first-order chi connectivity index (χ1) is 32.0. The summed E-state index contributed by atoms with van der Waals surface area (Å²) in [5.74, 6) is -0.0391. The van der Waals surface area contributed by atoms with Crippen LogP contribution in [0.1, 0.15) is 328 Å². The van der Waals surface area contributed by atoms with Crippen molar-refractivity contribution < 1.29 is 24.5 Å². The predicted octanol–water partition coefficient (Wildman–Crippen LogP) is 18.1. The van der Waals surface area contributed by atoms with Crippen LogP contribution in [0.2, 0.25) is 0 Å². The largest absolute Gasteiger partial charge is 0.466 e. The second kappa shape index (κ2) is 55.2. The Balaban J connectivity index is 3.41. The molecule has 0 aromatic carbocycles. The smallest absolute Gasteiger partial charge is 0.305 e. The van der Waals surface area contributed by atoms with Crippen LogP contribution in [-0.4, -0.2) is 47.4 Å². The number of allylic oxidation sites excluding steroid dienone is 2. The van der Waals surface area contributed by atoms with Gasteiger partial charge in [-0.1, -0.05) is 283 Å². The van der Waals surface area contributed by atoms with Crippen LogP contribution in [0, 0.1) is 0 Å². The number of aliphatic hydroxyl groups excluding tert-OH is 2. The molecule has 0 aromatic heterocycles. The van der Waals surface area contributed by atoms with E-state index >= 15 is 0 Å². The molecule has 0 saturated carbocycles. The highest BCUT2D eigenvalue weighted by Gasteiger charge is 2.20. The second-order valence-corrected chi connectivity index (χ2v) is 20.3. The SMILES string of the molecule is CCCC/C=C\CCCCCCCC(=O)OCCCCCCCCCCCCCCCCCCCCC(=O)NC(CO)C(O)CCCCCCCCCCCCCCCCCCCCC. The van der Waals surface area contributed by atoms with E-state index < -0.39 is 12.1 Å². The maximum atomic E-state index is 12.5. The highest BCUT2D eigenvalue weighted by Crippen LogP contribution is 2.18. The van der Waals surface area contributed by atoms with E-state index in [1.54, 1.807) is 0 Å². The van der Waals surface area contributed by atoms with Crippen molar-refractivity contribution in [2.75, 3.05) is 13.2 Å². The summed E-state index contributed by atoms with van der Waals surface area (Å²) in [6.45, 7) is 4.93. The van der Waals surface area contributed by atoms with Crippen molar-refractivity contribution in [2.45, 2.75) is 341 Å². The van der Waals surface area contributed by atoms with Crippen molar-refractivity contribution in [3.63, 3.8) is 0 Å². The minimum absolute atomic E-state index is 0.00308. The number of esters is 1. The fraction of sp³-hybridized carbons (Fsp3) is 0.932. The van der Waals surface area contributed by atoms with Gasteiger partial charge in [0.2, 0.25) is 5.91 Å². The Morgan fingerprint density at radius 3 is 1.14 bits per heavy atom. The quantitative estimate of drug-likeness (QED) is 0.0321. The molecule has 1 amide bonds. The Bertz CT molecular complexity index is 970. The third kappa shape index (κ3) is 51.8. The number of nitrogens with one attached hydrogen (secondary N) is 1. The van der Waals surface area contributed by atoms with Gasteiger partial charge in [0.25, 0.3) is 0 Å². The molecule has 0 rings (SSSR count). The Morgan fingerprint density at radius 2 is 0.738 bits per heavy atom. The summed E-state index contributed by atoms with van der Waals surface area (Å²) in [4.78, 5) is 24.5. The molecule has 3 N–H and O–H groups in total. The topological polar surface area (TPSA) is 95.9 Å². The van der Waals surface area contributed by atoms with Crippen molar-refractivity contribution in [3.05, 3.63) is 12.2 Å². The first kappa shape index (κ1) is 63.6. The monoisotopic (exact) mass is 918 g/mol. The molecule has 65 heavy (non-hydrogen) atoms. The molecular weight excluding hydrogens is 803 g/mol. The molecule has 386 valence electrons. The van der Waals surface area contributed by atoms with E-state index in [9.17, 15) is 19.8 Å². The third-order valence-corrected chi connectivity index (χ3v) is 13.8. The van der Waals surface area contributed by atoms with Crippen LogP contribution in [-0.2, 0) is 14.3 Å². The standard InChI is InChI=1S/C59H115NO5/c1-3-5-7-9-11-13-15-16-17-18-19-22-25-28-32-35-39-43-47-51-57(62)56(55-61)60-58(63)52-48-44-40-36-33-29-26-23-20-21-24-27-30-34-38-42-46-50-54-65-59(64)53-49-45-41-37-31-14-12-10-8-6-4-2/h10,12,56-57,61-62H,3-9,11,13-55H2,1-2H3,(H,60,63)/b12-10-. The lowest BCUT2D eigenvalue weighted by atomic mass is 10.0. The number of amides is 1. The van der Waals surface area contributed by atoms with Gasteiger partial charge in [0.05, 0.1) is 25.4 Å². The van der Waals surface area contributed by atoms with Gasteiger partial charge in [0, 0.05) is 12.8 Å². The predicted molar refractivity (Wildman–Crippen MR) is 283 cm³/mol. The van der Waals surface area contributed by atoms with Crippen LogP contribution in [0.3, 0.4) is 0 Å². The number of aliphatic hydroxyl groups is 2. The average Bonchev–Trinajstić information content (AvgIpc) is 3.31. The van der Waals surface area contributed by atoms with E-state index in [-0.39, 0.29) is 18.5 Å². The van der Waals surface area contributed by atoms with E-state index in [2.05, 4.69) is 31.3 Å². The summed E-state index contributed by atoms with van der Waals surface area (Å²) < 4.78 is 5.45. The maximum absolute atomic E-state index is 12.5. The molecule has 0 radical (unpaired) electrons. The summed E-state index contributed by atoms with van der Waals surface area (Å²) in [5, 5.41) is 23.3. The molecule has 0 aliphatic heterocycles. The fourth-order valence-corrected chi connectivity index (χ4v) is 9.27. The lowest BCUT2D eigenvalue weighted by molar-refractivity contribution is -0.143. The van der Waals surface area contributed by atoms with E-state index in [0.717, 1.165) is 44.9 Å². The molecule has 2 atom stereocenters. The third-order valence-electron chi connectivity index (χ3n) is 13.8. The Morgan fingerprint density at radius 1 is 0.415 bits per heavy atom. The summed E-state index contributed by atoms with van der Waals surface area (Å²) in [6.07, 6.45) is 64.9. The van der Waals surface area contributed by atoms with Crippen LogP contribution in [0.4, 0.5) is 0 Å². The van der Waals surface area contributed by atoms with Crippen LogP contribution >= 0.6 is 0 Å². The van der Waals surface area contributed by atoms with Gasteiger partial charge in [-0.2, -0.15) is 0 Å². The fourth-order valence-electron chi connectivity index (χ4n) is 9.27. The number of unbranched alkanes of at least 4 members (excludes halogenated alkanes) is 42. The lowest BCUT2D eigenvalue weighted by Gasteiger charge is -2.22. The van der Waals surface area contributed by atoms with Crippen molar-refractivity contribution >= 4 is 11.9 Å². The average molecular weight is 919 g/mol. The van der Waals surface area contributed by atoms with Gasteiger partial charge < -0.3 is 20.3 Å². The zero-order valence-electron chi connectivity index (χ0n) is 44.0. The molecule has 0 heterocycles. The van der Waals surface area contributed by atoms with Crippen LogP contribution in [0.25, 0.3) is 0 Å². The molecule has 6 nitrogen and oxygen atoms in total. The lowest BCUT2D eigenvalue weighted by Crippen LogP contribution is -2.45. The highest BCUT2D eigenvalue weighted by atomic mass is 16.5. The highest BCUT2D eigenvalue weighted by molar-refractivity contribution is 5.76. The summed E-state index contributed by atoms with van der Waals surface area (Å²) in [5.41, 5.74) is 0. The van der Waals surface area contributed by atoms with Crippen LogP contribution in [0.15, 0.2) is 12.2 Å². The van der Waals surface area contributed by atoms with E-state index in [4.69, 9.17) is 4.74 Å². The molecular formula is C59H115NO5. The minimum atomic E-state index is -0.667. The van der Waals surface area contributed by atoms with E-state index in [0.29, 0.717) is 25.9 Å². The van der Waals surface area contributed by atoms with Crippen LogP contribution in [0.5, 0.6) is 0 Å². The Hall–Kier alpha value is -1.40. The van der Waals surface area contributed by atoms with Gasteiger partial charge in [-0.25, -0.2) is 0 Å². The van der Waals surface area contributed by atoms with Gasteiger partial charge >= 0.3 is 5.97 Å². The van der Waals surface area contributed by atoms with Crippen molar-refractivity contribution in [3.8, 4) is 0 Å². The number of carbonyl (C=O) groups is 2. The van der Waals surface area contributed by atoms with Gasteiger partial charge in [-0.3, -0.25) is 9.59 Å². The number of rotatable bonds is 55. The van der Waals surface area contributed by atoms with Gasteiger partial charge in [0.1, 0.15) is 0 Å². The summed E-state index contributed by atoms with van der Waals surface area (Å²) in [7, 11) is 0. The molecule has 6 heteroatoms. The maximum Gasteiger partial charge on any atom is 0.305 e. The molecule has 0 saturated heterocycles. The summed E-state index contributed by atoms with van der Waals surface area (Å²) in [6, 6.07) is -0.544. The van der Waals surface area contributed by atoms with Crippen LogP contribution < -0.4 is 5.32 Å². The van der Waals surface area contributed by atoms with Gasteiger partial charge in [-0.05, 0) is 44.9 Å². The van der Waals surface area contributed by atoms with Gasteiger partial charge in [-0.15, -0.1) is 0 Å². The number of hydrogen-bond acceptors (Lipinski definition) is 5. The Labute approximate surface area is 406 Å².